The second-order valence-electron chi connectivity index (χ2n) is 7.46. The first-order chi connectivity index (χ1) is 14.3. The number of amides is 3. The molecule has 3 rings (SSSR count). The molecule has 1 atom stereocenters. The number of nitrogens with zero attached hydrogens (tertiary/aromatic N) is 2. The van der Waals surface area contributed by atoms with Gasteiger partial charge in [0, 0.05) is 37.3 Å². The van der Waals surface area contributed by atoms with Crippen LogP contribution in [0.1, 0.15) is 34.7 Å². The number of urea groups is 1. The minimum Gasteiger partial charge on any atom is -0.354 e. The lowest BCUT2D eigenvalue weighted by Gasteiger charge is -2.34. The summed E-state index contributed by atoms with van der Waals surface area (Å²) in [5.41, 5.74) is 2.60. The molecule has 160 valence electrons. The number of carbonyl (C=O) groups is 2. The van der Waals surface area contributed by atoms with Crippen molar-refractivity contribution in [3.63, 3.8) is 0 Å². The Bertz CT molecular complexity index is 954. The number of benzene rings is 2. The molecule has 8 heteroatoms. The van der Waals surface area contributed by atoms with Crippen LogP contribution in [0, 0.1) is 12.7 Å². The average Bonchev–Trinajstić information content (AvgIpc) is 2.89. The van der Waals surface area contributed by atoms with Gasteiger partial charge in [0.05, 0.1) is 12.5 Å². The first kappa shape index (κ1) is 22.0. The Morgan fingerprint density at radius 3 is 2.73 bits per heavy atom. The third kappa shape index (κ3) is 4.90. The molecule has 0 radical (unpaired) electrons. The predicted octanol–water partition coefficient (Wildman–Crippen LogP) is 4.37. The Kier molecular flexibility index (Phi) is 6.92. The van der Waals surface area contributed by atoms with E-state index in [9.17, 15) is 18.4 Å². The van der Waals surface area contributed by atoms with Gasteiger partial charge in [-0.05, 0) is 41.8 Å². The van der Waals surface area contributed by atoms with Crippen molar-refractivity contribution in [2.45, 2.75) is 32.6 Å². The van der Waals surface area contributed by atoms with Gasteiger partial charge in [0.15, 0.2) is 0 Å². The maximum absolute atomic E-state index is 13.6. The van der Waals surface area contributed by atoms with Crippen LogP contribution >= 0.6 is 11.6 Å². The van der Waals surface area contributed by atoms with Crippen molar-refractivity contribution in [3.05, 3.63) is 69.5 Å². The molecule has 0 unspecified atom stereocenters. The van der Waals surface area contributed by atoms with Gasteiger partial charge in [-0.2, -0.15) is 0 Å². The van der Waals surface area contributed by atoms with Crippen LogP contribution in [0.5, 0.6) is 0 Å². The molecule has 2 aromatic carbocycles. The second-order valence-corrected chi connectivity index (χ2v) is 7.87. The molecule has 0 bridgehead atoms. The maximum Gasteiger partial charge on any atom is 0.320 e. The van der Waals surface area contributed by atoms with E-state index in [1.165, 1.54) is 17.0 Å². The van der Waals surface area contributed by atoms with Crippen LogP contribution in [-0.2, 0) is 18.0 Å². The zero-order chi connectivity index (χ0) is 21.8. The number of halogens is 3. The maximum atomic E-state index is 13.6. The van der Waals surface area contributed by atoms with Gasteiger partial charge in [0.2, 0.25) is 5.91 Å². The lowest BCUT2D eigenvalue weighted by molar-refractivity contribution is -0.121. The summed E-state index contributed by atoms with van der Waals surface area (Å²) >= 11 is 6.08. The van der Waals surface area contributed by atoms with Gasteiger partial charge in [0.25, 0.3) is 0 Å². The molecule has 1 N–H and O–H groups in total. The summed E-state index contributed by atoms with van der Waals surface area (Å²) in [5, 5.41) is 3.11. The fourth-order valence-corrected chi connectivity index (χ4v) is 3.96. The number of alkyl halides is 1. The van der Waals surface area contributed by atoms with E-state index in [0.29, 0.717) is 29.2 Å². The summed E-state index contributed by atoms with van der Waals surface area (Å²) in [4.78, 5) is 28.6. The summed E-state index contributed by atoms with van der Waals surface area (Å²) in [6.07, 6.45) is 0.100. The van der Waals surface area contributed by atoms with Crippen molar-refractivity contribution in [2.24, 2.45) is 0 Å². The lowest BCUT2D eigenvalue weighted by Crippen LogP contribution is -2.44. The quantitative estimate of drug-likeness (QED) is 0.775. The van der Waals surface area contributed by atoms with E-state index in [0.717, 1.165) is 11.1 Å². The largest absolute Gasteiger partial charge is 0.354 e. The van der Waals surface area contributed by atoms with Crippen LogP contribution in [0.3, 0.4) is 0 Å². The SMILES string of the molecule is Cc1cc(F)ccc1[C@H]1CC(=O)NCCN1C(=O)N(C)Cc1ccc(CF)c(Cl)c1. The fourth-order valence-electron chi connectivity index (χ4n) is 3.71. The van der Waals surface area contributed by atoms with Gasteiger partial charge in [-0.1, -0.05) is 29.8 Å². The summed E-state index contributed by atoms with van der Waals surface area (Å²) in [6, 6.07) is 8.60. The van der Waals surface area contributed by atoms with Crippen LogP contribution in [0.25, 0.3) is 0 Å². The average molecular weight is 436 g/mol. The number of rotatable bonds is 4. The zero-order valence-corrected chi connectivity index (χ0v) is 17.7. The molecular weight excluding hydrogens is 412 g/mol. The molecule has 0 saturated carbocycles. The van der Waals surface area contributed by atoms with Crippen LogP contribution in [-0.4, -0.2) is 41.9 Å². The van der Waals surface area contributed by atoms with Crippen molar-refractivity contribution in [3.8, 4) is 0 Å². The zero-order valence-electron chi connectivity index (χ0n) is 16.9. The Labute approximate surface area is 179 Å². The highest BCUT2D eigenvalue weighted by atomic mass is 35.5. The van der Waals surface area contributed by atoms with E-state index in [4.69, 9.17) is 11.6 Å². The number of hydrogen-bond acceptors (Lipinski definition) is 2. The molecule has 0 aromatic heterocycles. The lowest BCUT2D eigenvalue weighted by atomic mass is 9.97. The van der Waals surface area contributed by atoms with E-state index in [2.05, 4.69) is 5.32 Å². The van der Waals surface area contributed by atoms with E-state index in [1.807, 2.05) is 0 Å². The Hall–Kier alpha value is -2.67. The van der Waals surface area contributed by atoms with Gasteiger partial charge in [0.1, 0.15) is 12.5 Å². The standard InChI is InChI=1S/C22H24ClF2N3O2/c1-14-9-17(25)5-6-18(14)20-11-21(29)26-7-8-28(20)22(30)27(2)13-15-3-4-16(12-24)19(23)10-15/h3-6,9-10,20H,7-8,11-13H2,1-2H3,(H,26,29)/t20-/m1/s1. The van der Waals surface area contributed by atoms with E-state index in [1.54, 1.807) is 43.1 Å². The monoisotopic (exact) mass is 435 g/mol. The third-order valence-electron chi connectivity index (χ3n) is 5.27. The number of nitrogens with one attached hydrogen (secondary N) is 1. The first-order valence-electron chi connectivity index (χ1n) is 9.68. The molecule has 1 fully saturated rings. The van der Waals surface area contributed by atoms with Gasteiger partial charge in [-0.25, -0.2) is 13.6 Å². The molecule has 5 nitrogen and oxygen atoms in total. The van der Waals surface area contributed by atoms with Crippen LogP contribution in [0.15, 0.2) is 36.4 Å². The normalized spacial score (nSPS) is 16.8. The van der Waals surface area contributed by atoms with E-state index < -0.39 is 12.7 Å². The smallest absolute Gasteiger partial charge is 0.320 e. The summed E-state index contributed by atoms with van der Waals surface area (Å²) in [7, 11) is 1.66. The van der Waals surface area contributed by atoms with Gasteiger partial charge >= 0.3 is 6.03 Å². The molecule has 0 spiro atoms. The molecule has 1 aliphatic rings. The van der Waals surface area contributed by atoms with Gasteiger partial charge < -0.3 is 15.1 Å². The van der Waals surface area contributed by atoms with Crippen molar-refractivity contribution < 1.29 is 18.4 Å². The predicted molar refractivity (Wildman–Crippen MR) is 111 cm³/mol. The highest BCUT2D eigenvalue weighted by Crippen LogP contribution is 2.30. The molecule has 1 heterocycles. The molecule has 1 aliphatic heterocycles. The van der Waals surface area contributed by atoms with Crippen LogP contribution < -0.4 is 5.32 Å². The molecule has 30 heavy (non-hydrogen) atoms. The van der Waals surface area contributed by atoms with Crippen molar-refractivity contribution in [2.75, 3.05) is 20.1 Å². The van der Waals surface area contributed by atoms with Gasteiger partial charge in [-0.3, -0.25) is 4.79 Å². The molecule has 2 aromatic rings. The van der Waals surface area contributed by atoms with Crippen LogP contribution in [0.4, 0.5) is 13.6 Å². The van der Waals surface area contributed by atoms with Crippen LogP contribution in [0.2, 0.25) is 5.02 Å². The first-order valence-corrected chi connectivity index (χ1v) is 10.1. The molecular formula is C22H24ClF2N3O2. The number of aryl methyl sites for hydroxylation is 1. The minimum atomic E-state index is -0.651. The minimum absolute atomic E-state index is 0.100. The van der Waals surface area contributed by atoms with Crippen molar-refractivity contribution in [1.29, 1.82) is 0 Å². The molecule has 3 amide bonds. The Morgan fingerprint density at radius 2 is 2.07 bits per heavy atom. The molecule has 0 aliphatic carbocycles. The summed E-state index contributed by atoms with van der Waals surface area (Å²) < 4.78 is 26.5. The van der Waals surface area contributed by atoms with Crippen molar-refractivity contribution >= 4 is 23.5 Å². The Balaban J connectivity index is 1.84. The Morgan fingerprint density at radius 1 is 1.30 bits per heavy atom. The number of hydrogen-bond donors (Lipinski definition) is 1. The summed E-state index contributed by atoms with van der Waals surface area (Å²) in [6.45, 7) is 2.06. The topological polar surface area (TPSA) is 52.7 Å². The van der Waals surface area contributed by atoms with E-state index in [-0.39, 0.29) is 30.7 Å². The highest BCUT2D eigenvalue weighted by molar-refractivity contribution is 6.31. The third-order valence-corrected chi connectivity index (χ3v) is 5.63. The summed E-state index contributed by atoms with van der Waals surface area (Å²) in [5.74, 6) is -0.520. The van der Waals surface area contributed by atoms with Crippen molar-refractivity contribution in [1.82, 2.24) is 15.1 Å². The second kappa shape index (κ2) is 9.43. The van der Waals surface area contributed by atoms with E-state index >= 15 is 0 Å². The molecule has 1 saturated heterocycles. The fraction of sp³-hybridized carbons (Fsp3) is 0.364. The highest BCUT2D eigenvalue weighted by Gasteiger charge is 2.32. The number of carbonyl (C=O) groups excluding carboxylic acids is 2. The van der Waals surface area contributed by atoms with Gasteiger partial charge in [-0.15, -0.1) is 0 Å².